The number of nitrogens with zero attached hydrogens (tertiary/aromatic N) is 4. The average molecular weight is 259 g/mol. The van der Waals surface area contributed by atoms with Gasteiger partial charge in [0.05, 0.1) is 5.25 Å². The molecule has 8 heteroatoms. The van der Waals surface area contributed by atoms with Crippen molar-refractivity contribution in [2.75, 3.05) is 0 Å². The second-order valence-corrected chi connectivity index (χ2v) is 6.07. The molecule has 0 spiro atoms. The van der Waals surface area contributed by atoms with Crippen LogP contribution in [-0.4, -0.2) is 32.6 Å². The molecule has 0 bridgehead atoms. The van der Waals surface area contributed by atoms with Crippen molar-refractivity contribution in [1.82, 2.24) is 18.9 Å². The molecule has 0 N–H and O–H groups in total. The lowest BCUT2D eigenvalue weighted by Crippen LogP contribution is -2.16. The van der Waals surface area contributed by atoms with E-state index in [9.17, 15) is 8.42 Å². The fourth-order valence-electron chi connectivity index (χ4n) is 1.50. The van der Waals surface area contributed by atoms with E-state index < -0.39 is 10.0 Å². The van der Waals surface area contributed by atoms with Crippen molar-refractivity contribution in [3.8, 4) is 0 Å². The molecule has 0 aromatic carbocycles. The van der Waals surface area contributed by atoms with E-state index >= 15 is 0 Å². The quantitative estimate of drug-likeness (QED) is 0.746. The third kappa shape index (κ3) is 1.31. The summed E-state index contributed by atoms with van der Waals surface area (Å²) in [6.45, 7) is 0. The van der Waals surface area contributed by atoms with Gasteiger partial charge in [-0.3, -0.25) is 0 Å². The van der Waals surface area contributed by atoms with E-state index in [1.807, 2.05) is 0 Å². The summed E-state index contributed by atoms with van der Waals surface area (Å²) in [5.74, 6) is 0. The van der Waals surface area contributed by atoms with Crippen LogP contribution in [0.15, 0.2) is 12.7 Å². The van der Waals surface area contributed by atoms with Gasteiger partial charge in [-0.25, -0.2) is 27.3 Å². The van der Waals surface area contributed by atoms with E-state index in [4.69, 9.17) is 11.6 Å². The fourth-order valence-corrected chi connectivity index (χ4v) is 3.28. The molecule has 0 saturated heterocycles. The molecular formula is C8H7ClN4O2S. The second kappa shape index (κ2) is 3.14. The number of rotatable bonds is 2. The number of imidazole rings is 1. The Kier molecular flexibility index (Phi) is 1.96. The number of halogens is 1. The van der Waals surface area contributed by atoms with Crippen LogP contribution in [0.5, 0.6) is 0 Å². The summed E-state index contributed by atoms with van der Waals surface area (Å²) in [6, 6.07) is 0. The largest absolute Gasteiger partial charge is 0.244 e. The molecule has 3 rings (SSSR count). The zero-order chi connectivity index (χ0) is 11.3. The van der Waals surface area contributed by atoms with Crippen molar-refractivity contribution in [2.24, 2.45) is 0 Å². The molecule has 1 aliphatic carbocycles. The lowest BCUT2D eigenvalue weighted by atomic mass is 10.6. The van der Waals surface area contributed by atoms with E-state index in [0.29, 0.717) is 18.4 Å². The third-order valence-corrected chi connectivity index (χ3v) is 4.88. The Morgan fingerprint density at radius 3 is 2.75 bits per heavy atom. The first-order chi connectivity index (χ1) is 7.60. The number of aromatic nitrogens is 4. The lowest BCUT2D eigenvalue weighted by Gasteiger charge is -2.03. The first-order valence-electron chi connectivity index (χ1n) is 4.68. The van der Waals surface area contributed by atoms with Crippen LogP contribution in [0.3, 0.4) is 0 Å². The number of fused-ring (bicyclic) bond motifs is 1. The van der Waals surface area contributed by atoms with Gasteiger partial charge in [-0.15, -0.1) is 0 Å². The minimum absolute atomic E-state index is 0.162. The molecule has 6 nitrogen and oxygen atoms in total. The van der Waals surface area contributed by atoms with Gasteiger partial charge in [0, 0.05) is 0 Å². The second-order valence-electron chi connectivity index (χ2n) is 3.62. The topological polar surface area (TPSA) is 77.7 Å². The molecule has 0 aliphatic heterocycles. The van der Waals surface area contributed by atoms with Crippen molar-refractivity contribution in [3.05, 3.63) is 17.8 Å². The monoisotopic (exact) mass is 258 g/mol. The molecule has 0 amide bonds. The maximum Gasteiger partial charge on any atom is 0.244 e. The van der Waals surface area contributed by atoms with Crippen molar-refractivity contribution < 1.29 is 8.42 Å². The van der Waals surface area contributed by atoms with Gasteiger partial charge in [-0.2, -0.15) is 0 Å². The van der Waals surface area contributed by atoms with Gasteiger partial charge in [0.25, 0.3) is 0 Å². The molecule has 84 valence electrons. The average Bonchev–Trinajstić information content (AvgIpc) is 2.99. The molecule has 2 aromatic heterocycles. The van der Waals surface area contributed by atoms with E-state index in [1.54, 1.807) is 0 Å². The lowest BCUT2D eigenvalue weighted by molar-refractivity contribution is 0.587. The summed E-state index contributed by atoms with van der Waals surface area (Å²) >= 11 is 5.79. The standard InChI is InChI=1S/C8H7ClN4O2S/c9-7-6-8(11-3-10-7)13(4-12-6)16(14,15)5-1-2-5/h3-5H,1-2H2. The molecule has 2 heterocycles. The molecule has 16 heavy (non-hydrogen) atoms. The van der Waals surface area contributed by atoms with Crippen LogP contribution in [0.2, 0.25) is 5.15 Å². The van der Waals surface area contributed by atoms with Crippen LogP contribution < -0.4 is 0 Å². The van der Waals surface area contributed by atoms with Crippen molar-refractivity contribution >= 4 is 32.8 Å². The minimum Gasteiger partial charge on any atom is -0.231 e. The van der Waals surface area contributed by atoms with Crippen LogP contribution >= 0.6 is 11.6 Å². The minimum atomic E-state index is -3.36. The summed E-state index contributed by atoms with van der Waals surface area (Å²) in [7, 11) is -3.36. The summed E-state index contributed by atoms with van der Waals surface area (Å²) in [6.07, 6.45) is 3.85. The molecule has 2 aromatic rings. The SMILES string of the molecule is O=S(=O)(C1CC1)n1cnc2c(Cl)ncnc21. The highest BCUT2D eigenvalue weighted by molar-refractivity contribution is 7.91. The van der Waals surface area contributed by atoms with Crippen LogP contribution in [0, 0.1) is 0 Å². The third-order valence-electron chi connectivity index (χ3n) is 2.48. The van der Waals surface area contributed by atoms with Crippen molar-refractivity contribution in [3.63, 3.8) is 0 Å². The molecule has 1 aliphatic rings. The fraction of sp³-hybridized carbons (Fsp3) is 0.375. The molecule has 1 fully saturated rings. The Morgan fingerprint density at radius 1 is 1.31 bits per heavy atom. The molecular weight excluding hydrogens is 252 g/mol. The molecule has 1 saturated carbocycles. The summed E-state index contributed by atoms with van der Waals surface area (Å²) < 4.78 is 25.1. The summed E-state index contributed by atoms with van der Waals surface area (Å²) in [4.78, 5) is 11.6. The Balaban J connectivity index is 2.29. The number of hydrogen-bond donors (Lipinski definition) is 0. The highest BCUT2D eigenvalue weighted by Gasteiger charge is 2.38. The predicted molar refractivity (Wildman–Crippen MR) is 57.7 cm³/mol. The van der Waals surface area contributed by atoms with Gasteiger partial charge in [0.1, 0.15) is 18.2 Å². The van der Waals surface area contributed by atoms with E-state index in [2.05, 4.69) is 15.0 Å². The maximum absolute atomic E-state index is 12.0. The highest BCUT2D eigenvalue weighted by Crippen LogP contribution is 2.31. The van der Waals surface area contributed by atoms with Gasteiger partial charge in [0.15, 0.2) is 10.8 Å². The van der Waals surface area contributed by atoms with Crippen molar-refractivity contribution in [1.29, 1.82) is 0 Å². The van der Waals surface area contributed by atoms with Gasteiger partial charge < -0.3 is 0 Å². The first-order valence-corrected chi connectivity index (χ1v) is 6.57. The number of hydrogen-bond acceptors (Lipinski definition) is 5. The van der Waals surface area contributed by atoms with Gasteiger partial charge >= 0.3 is 0 Å². The van der Waals surface area contributed by atoms with Gasteiger partial charge in [-0.05, 0) is 12.8 Å². The highest BCUT2D eigenvalue weighted by atomic mass is 35.5. The smallest absolute Gasteiger partial charge is 0.231 e. The summed E-state index contributed by atoms with van der Waals surface area (Å²) in [5.41, 5.74) is 0.556. The molecule has 0 radical (unpaired) electrons. The maximum atomic E-state index is 12.0. The molecule has 0 atom stereocenters. The van der Waals surface area contributed by atoms with E-state index in [1.165, 1.54) is 12.7 Å². The van der Waals surface area contributed by atoms with Gasteiger partial charge in [-0.1, -0.05) is 11.6 Å². The Morgan fingerprint density at radius 2 is 2.06 bits per heavy atom. The summed E-state index contributed by atoms with van der Waals surface area (Å²) in [5, 5.41) is -0.145. The Hall–Kier alpha value is -1.21. The van der Waals surface area contributed by atoms with Crippen LogP contribution in [0.1, 0.15) is 12.8 Å². The predicted octanol–water partition coefficient (Wildman–Crippen LogP) is 0.820. The van der Waals surface area contributed by atoms with Crippen molar-refractivity contribution in [2.45, 2.75) is 18.1 Å². The zero-order valence-corrected chi connectivity index (χ0v) is 9.61. The Labute approximate surface area is 96.3 Å². The first kappa shape index (κ1) is 9.98. The van der Waals surface area contributed by atoms with Crippen LogP contribution in [-0.2, 0) is 10.0 Å². The van der Waals surface area contributed by atoms with E-state index in [-0.39, 0.29) is 16.1 Å². The van der Waals surface area contributed by atoms with Gasteiger partial charge in [0.2, 0.25) is 10.0 Å². The zero-order valence-electron chi connectivity index (χ0n) is 8.04. The Bertz CT molecular complexity index is 662. The van der Waals surface area contributed by atoms with E-state index in [0.717, 1.165) is 3.97 Å². The normalized spacial score (nSPS) is 16.8. The molecule has 0 unspecified atom stereocenters. The van der Waals surface area contributed by atoms with Crippen LogP contribution in [0.25, 0.3) is 11.2 Å². The van der Waals surface area contributed by atoms with Crippen LogP contribution in [0.4, 0.5) is 0 Å².